The molecule has 118 valence electrons. The summed E-state index contributed by atoms with van der Waals surface area (Å²) < 4.78 is 0. The predicted octanol–water partition coefficient (Wildman–Crippen LogP) is 5.56. The van der Waals surface area contributed by atoms with Crippen molar-refractivity contribution >= 4 is 11.9 Å². The molecule has 1 heteroatoms. The molecule has 0 aliphatic rings. The van der Waals surface area contributed by atoms with Crippen LogP contribution in [0.2, 0.25) is 0 Å². The van der Waals surface area contributed by atoms with Gasteiger partial charge in [0.05, 0.1) is 0 Å². The maximum Gasteiger partial charge on any atom is 0.161 e. The lowest BCUT2D eigenvalue weighted by Gasteiger charge is -2.10. The van der Waals surface area contributed by atoms with Crippen molar-refractivity contribution in [2.24, 2.45) is 5.92 Å². The summed E-state index contributed by atoms with van der Waals surface area (Å²) in [7, 11) is 0. The zero-order chi connectivity index (χ0) is 16.5. The minimum atomic E-state index is 0.0477. The number of rotatable bonds is 6. The third kappa shape index (κ3) is 5.53. The third-order valence-electron chi connectivity index (χ3n) is 3.66. The highest BCUT2D eigenvalue weighted by atomic mass is 16.1. The predicted molar refractivity (Wildman–Crippen MR) is 95.7 cm³/mol. The first-order chi connectivity index (χ1) is 10.5. The molecule has 0 unspecified atom stereocenters. The van der Waals surface area contributed by atoms with E-state index in [9.17, 15) is 4.79 Å². The van der Waals surface area contributed by atoms with E-state index in [-0.39, 0.29) is 11.7 Å². The van der Waals surface area contributed by atoms with Crippen molar-refractivity contribution in [1.29, 1.82) is 0 Å². The largest absolute Gasteiger partial charge is 0.294 e. The van der Waals surface area contributed by atoms with Crippen LogP contribution in [0.1, 0.15) is 70.1 Å². The van der Waals surface area contributed by atoms with E-state index < -0.39 is 0 Å². The van der Waals surface area contributed by atoms with E-state index in [2.05, 4.69) is 43.9 Å². The van der Waals surface area contributed by atoms with Crippen LogP contribution >= 0.6 is 0 Å². The van der Waals surface area contributed by atoms with Crippen LogP contribution in [0.5, 0.6) is 0 Å². The van der Waals surface area contributed by atoms with Gasteiger partial charge in [0.25, 0.3) is 0 Å². The first kappa shape index (κ1) is 18.2. The monoisotopic (exact) mass is 296 g/mol. The van der Waals surface area contributed by atoms with E-state index in [1.165, 1.54) is 5.56 Å². The Bertz CT molecular complexity index is 594. The van der Waals surface area contributed by atoms with Crippen molar-refractivity contribution in [1.82, 2.24) is 0 Å². The Hall–Kier alpha value is -1.81. The van der Waals surface area contributed by atoms with Crippen LogP contribution in [0.4, 0.5) is 0 Å². The molecule has 0 fully saturated rings. The molecule has 0 bridgehead atoms. The summed E-state index contributed by atoms with van der Waals surface area (Å²) in [6.07, 6.45) is 5.94. The highest BCUT2D eigenvalue weighted by Gasteiger charge is 2.13. The fourth-order valence-corrected chi connectivity index (χ4v) is 2.26. The Balaban J connectivity index is 3.20. The van der Waals surface area contributed by atoms with Crippen molar-refractivity contribution in [2.75, 3.05) is 0 Å². The first-order valence-electron chi connectivity index (χ1n) is 8.33. The summed E-state index contributed by atoms with van der Waals surface area (Å²) in [5.41, 5.74) is 4.27. The van der Waals surface area contributed by atoms with Crippen LogP contribution in [0.3, 0.4) is 0 Å². The summed E-state index contributed by atoms with van der Waals surface area (Å²) in [4.78, 5) is 12.4. The van der Waals surface area contributed by atoms with Gasteiger partial charge in [0.2, 0.25) is 0 Å². The molecule has 0 spiro atoms. The number of ketones is 1. The average molecular weight is 296 g/mol. The summed E-state index contributed by atoms with van der Waals surface area (Å²) >= 11 is 0. The van der Waals surface area contributed by atoms with Crippen LogP contribution in [-0.2, 0) is 4.79 Å². The van der Waals surface area contributed by atoms with Gasteiger partial charge >= 0.3 is 0 Å². The van der Waals surface area contributed by atoms with Crippen molar-refractivity contribution in [3.8, 4) is 11.8 Å². The van der Waals surface area contributed by atoms with Crippen LogP contribution in [0, 0.1) is 24.7 Å². The van der Waals surface area contributed by atoms with Crippen molar-refractivity contribution < 1.29 is 4.79 Å². The molecular formula is C21H28O. The van der Waals surface area contributed by atoms with Crippen molar-refractivity contribution in [3.05, 3.63) is 40.5 Å². The molecule has 1 nitrogen and oxygen atoms in total. The van der Waals surface area contributed by atoms with Gasteiger partial charge in [-0.05, 0) is 54.7 Å². The normalized spacial score (nSPS) is 11.3. The Morgan fingerprint density at radius 3 is 2.59 bits per heavy atom. The molecule has 0 amide bonds. The van der Waals surface area contributed by atoms with Gasteiger partial charge in [-0.1, -0.05) is 52.0 Å². The molecule has 0 aromatic heterocycles. The maximum absolute atomic E-state index is 12.4. The molecule has 0 saturated heterocycles. The molecule has 0 saturated carbocycles. The second-order valence-electron chi connectivity index (χ2n) is 6.02. The molecule has 0 aliphatic heterocycles. The Kier molecular flexibility index (Phi) is 7.67. The lowest BCUT2D eigenvalue weighted by atomic mass is 9.93. The molecule has 1 aromatic carbocycles. The Labute approximate surface area is 135 Å². The molecular weight excluding hydrogens is 268 g/mol. The number of carbonyl (C=O) groups excluding carboxylic acids is 1. The van der Waals surface area contributed by atoms with Gasteiger partial charge in [-0.15, -0.1) is 0 Å². The standard InChI is InChI=1S/C21H28O/c1-6-8-10-18-13-12-17(5)20(14-18)15-19(11-9-7-2)21(22)16(3)4/h12-16H,6-7,9,11H2,1-5H3/b19-15+. The fourth-order valence-electron chi connectivity index (χ4n) is 2.26. The Morgan fingerprint density at radius 2 is 2.00 bits per heavy atom. The van der Waals surface area contributed by atoms with E-state index in [1.807, 2.05) is 26.8 Å². The van der Waals surface area contributed by atoms with Crippen molar-refractivity contribution in [3.63, 3.8) is 0 Å². The molecule has 22 heavy (non-hydrogen) atoms. The number of aryl methyl sites for hydroxylation is 1. The number of hydrogen-bond donors (Lipinski definition) is 0. The summed E-state index contributed by atoms with van der Waals surface area (Å²) in [5, 5.41) is 0. The van der Waals surface area contributed by atoms with E-state index in [0.29, 0.717) is 0 Å². The Morgan fingerprint density at radius 1 is 1.27 bits per heavy atom. The molecule has 0 aliphatic carbocycles. The van der Waals surface area contributed by atoms with Gasteiger partial charge in [0, 0.05) is 17.9 Å². The van der Waals surface area contributed by atoms with Crippen LogP contribution in [-0.4, -0.2) is 5.78 Å². The SMILES string of the molecule is CCC#Cc1ccc(C)c(/C=C(\CCCC)C(=O)C(C)C)c1. The number of benzene rings is 1. The molecule has 1 aromatic rings. The minimum Gasteiger partial charge on any atom is -0.294 e. The van der Waals surface area contributed by atoms with Crippen LogP contribution in [0.25, 0.3) is 6.08 Å². The zero-order valence-corrected chi connectivity index (χ0v) is 14.6. The minimum absolute atomic E-state index is 0.0477. The van der Waals surface area contributed by atoms with Crippen molar-refractivity contribution in [2.45, 2.75) is 60.3 Å². The van der Waals surface area contributed by atoms with Crippen LogP contribution in [0.15, 0.2) is 23.8 Å². The fraction of sp³-hybridized carbons (Fsp3) is 0.476. The lowest BCUT2D eigenvalue weighted by molar-refractivity contribution is -0.118. The molecule has 0 atom stereocenters. The number of hydrogen-bond acceptors (Lipinski definition) is 1. The summed E-state index contributed by atoms with van der Waals surface area (Å²) in [6, 6.07) is 6.23. The number of Topliss-reactive ketones (excluding diaryl/α,β-unsaturated/α-hetero) is 1. The second kappa shape index (κ2) is 9.26. The maximum atomic E-state index is 12.4. The molecule has 1 rings (SSSR count). The highest BCUT2D eigenvalue weighted by molar-refractivity contribution is 6.00. The third-order valence-corrected chi connectivity index (χ3v) is 3.66. The highest BCUT2D eigenvalue weighted by Crippen LogP contribution is 2.20. The number of unbranched alkanes of at least 4 members (excludes halogenated alkanes) is 1. The van der Waals surface area contributed by atoms with E-state index >= 15 is 0 Å². The van der Waals surface area contributed by atoms with E-state index in [0.717, 1.165) is 42.4 Å². The second-order valence-corrected chi connectivity index (χ2v) is 6.02. The van der Waals surface area contributed by atoms with Crippen LogP contribution < -0.4 is 0 Å². The number of allylic oxidation sites excluding steroid dienone is 1. The quantitative estimate of drug-likeness (QED) is 0.496. The van der Waals surface area contributed by atoms with Gasteiger partial charge in [-0.2, -0.15) is 0 Å². The van der Waals surface area contributed by atoms with Gasteiger partial charge in [-0.25, -0.2) is 0 Å². The first-order valence-corrected chi connectivity index (χ1v) is 8.33. The van der Waals surface area contributed by atoms with E-state index in [1.54, 1.807) is 0 Å². The van der Waals surface area contributed by atoms with Gasteiger partial charge in [0.15, 0.2) is 5.78 Å². The van der Waals surface area contributed by atoms with Gasteiger partial charge in [0.1, 0.15) is 0 Å². The summed E-state index contributed by atoms with van der Waals surface area (Å²) in [6.45, 7) is 10.2. The van der Waals surface area contributed by atoms with Gasteiger partial charge < -0.3 is 0 Å². The van der Waals surface area contributed by atoms with Gasteiger partial charge in [-0.3, -0.25) is 4.79 Å². The average Bonchev–Trinajstić information content (AvgIpc) is 2.50. The molecule has 0 N–H and O–H groups in total. The topological polar surface area (TPSA) is 17.1 Å². The molecule has 0 radical (unpaired) electrons. The molecule has 0 heterocycles. The summed E-state index contributed by atoms with van der Waals surface area (Å²) in [5.74, 6) is 6.58. The lowest BCUT2D eigenvalue weighted by Crippen LogP contribution is -2.10. The smallest absolute Gasteiger partial charge is 0.161 e. The van der Waals surface area contributed by atoms with E-state index in [4.69, 9.17) is 0 Å². The number of carbonyl (C=O) groups is 1. The zero-order valence-electron chi connectivity index (χ0n) is 14.6.